The van der Waals surface area contributed by atoms with Crippen LogP contribution in [0.25, 0.3) is 22.4 Å². The molecule has 2 aromatic carbocycles. The second-order valence-electron chi connectivity index (χ2n) is 9.11. The number of para-hydroxylation sites is 2. The molecule has 31 heavy (non-hydrogen) atoms. The van der Waals surface area contributed by atoms with Crippen LogP contribution in [0.2, 0.25) is 24.2 Å². The zero-order chi connectivity index (χ0) is 22.6. The van der Waals surface area contributed by atoms with Crippen molar-refractivity contribution in [2.24, 2.45) is 0 Å². The fraction of sp³-hybridized carbons (Fsp3) is 0.417. The lowest BCUT2D eigenvalue weighted by molar-refractivity contribution is 0.0822. The van der Waals surface area contributed by atoms with Crippen LogP contribution in [-0.2, 0) is 15.3 Å². The van der Waals surface area contributed by atoms with E-state index in [4.69, 9.17) is 4.98 Å². The fourth-order valence-electron chi connectivity index (χ4n) is 5.23. The number of sulfone groups is 1. The minimum atomic E-state index is -3.39. The number of fused-ring (bicyclic) bond motifs is 5. The van der Waals surface area contributed by atoms with E-state index in [0.29, 0.717) is 5.82 Å². The van der Waals surface area contributed by atoms with Crippen LogP contribution >= 0.6 is 0 Å². The molecule has 7 heteroatoms. The Morgan fingerprint density at radius 1 is 1.03 bits per heavy atom. The van der Waals surface area contributed by atoms with E-state index in [9.17, 15) is 13.2 Å². The predicted molar refractivity (Wildman–Crippen MR) is 128 cm³/mol. The van der Waals surface area contributed by atoms with Crippen molar-refractivity contribution < 1.29 is 13.2 Å². The molecule has 0 saturated heterocycles. The molecule has 3 aromatic rings. The smallest absolute Gasteiger partial charge is 0.242 e. The molecule has 1 atom stereocenters. The SMILES string of the molecule is CC[Si](CC)(CC)CC1(C)C(=O)n2c(nc3ccccc32)-c2ccc(S(C)(=O)=O)cc21. The van der Waals surface area contributed by atoms with Crippen molar-refractivity contribution in [2.75, 3.05) is 6.26 Å². The Hall–Kier alpha value is -2.25. The van der Waals surface area contributed by atoms with Gasteiger partial charge in [0.05, 0.1) is 29.4 Å². The van der Waals surface area contributed by atoms with E-state index in [1.807, 2.05) is 37.3 Å². The van der Waals surface area contributed by atoms with Crippen molar-refractivity contribution in [3.63, 3.8) is 0 Å². The van der Waals surface area contributed by atoms with E-state index in [2.05, 4.69) is 20.8 Å². The van der Waals surface area contributed by atoms with Gasteiger partial charge in [0.15, 0.2) is 9.84 Å². The molecular weight excluding hydrogens is 424 g/mol. The molecule has 0 radical (unpaired) electrons. The van der Waals surface area contributed by atoms with Gasteiger partial charge in [-0.25, -0.2) is 13.4 Å². The van der Waals surface area contributed by atoms with Gasteiger partial charge in [-0.2, -0.15) is 0 Å². The molecule has 0 bridgehead atoms. The first kappa shape index (κ1) is 22.0. The molecule has 2 heterocycles. The van der Waals surface area contributed by atoms with Gasteiger partial charge in [0, 0.05) is 11.8 Å². The lowest BCUT2D eigenvalue weighted by atomic mass is 9.78. The van der Waals surface area contributed by atoms with E-state index < -0.39 is 23.3 Å². The van der Waals surface area contributed by atoms with Crippen LogP contribution in [0.3, 0.4) is 0 Å². The molecule has 0 aliphatic carbocycles. The molecule has 0 fully saturated rings. The van der Waals surface area contributed by atoms with Gasteiger partial charge in [-0.05, 0) is 48.9 Å². The van der Waals surface area contributed by atoms with Crippen LogP contribution in [0.1, 0.15) is 38.1 Å². The first-order valence-corrected chi connectivity index (χ1v) is 15.7. The normalized spacial score (nSPS) is 18.8. The Labute approximate surface area is 185 Å². The molecule has 0 saturated carbocycles. The van der Waals surface area contributed by atoms with Gasteiger partial charge < -0.3 is 0 Å². The van der Waals surface area contributed by atoms with Crippen molar-refractivity contribution in [1.29, 1.82) is 0 Å². The zero-order valence-corrected chi connectivity index (χ0v) is 20.7. The Morgan fingerprint density at radius 3 is 2.29 bits per heavy atom. The minimum Gasteiger partial charge on any atom is -0.273 e. The first-order chi connectivity index (χ1) is 14.6. The van der Waals surface area contributed by atoms with Gasteiger partial charge >= 0.3 is 0 Å². The third kappa shape index (κ3) is 3.29. The van der Waals surface area contributed by atoms with Crippen molar-refractivity contribution in [3.05, 3.63) is 48.0 Å². The average molecular weight is 455 g/mol. The molecule has 0 amide bonds. The second kappa shape index (κ2) is 7.41. The highest BCUT2D eigenvalue weighted by Crippen LogP contribution is 2.47. The maximum absolute atomic E-state index is 14.2. The summed E-state index contributed by atoms with van der Waals surface area (Å²) >= 11 is 0. The Balaban J connectivity index is 2.06. The molecule has 5 nitrogen and oxygen atoms in total. The topological polar surface area (TPSA) is 69.0 Å². The Bertz CT molecular complexity index is 1280. The van der Waals surface area contributed by atoms with Crippen LogP contribution in [-0.4, -0.2) is 38.2 Å². The largest absolute Gasteiger partial charge is 0.273 e. The molecule has 1 aliphatic rings. The first-order valence-electron chi connectivity index (χ1n) is 11.0. The van der Waals surface area contributed by atoms with Gasteiger partial charge in [0.2, 0.25) is 5.91 Å². The number of hydrogen-bond acceptors (Lipinski definition) is 4. The van der Waals surface area contributed by atoms with Crippen LogP contribution < -0.4 is 0 Å². The summed E-state index contributed by atoms with van der Waals surface area (Å²) in [6.07, 6.45) is 1.22. The summed E-state index contributed by atoms with van der Waals surface area (Å²) in [6.45, 7) is 8.73. The van der Waals surface area contributed by atoms with Crippen LogP contribution in [0.5, 0.6) is 0 Å². The summed E-state index contributed by atoms with van der Waals surface area (Å²) in [5.41, 5.74) is 2.45. The van der Waals surface area contributed by atoms with Crippen molar-refractivity contribution in [2.45, 2.75) is 62.2 Å². The quantitative estimate of drug-likeness (QED) is 0.459. The lowest BCUT2D eigenvalue weighted by Gasteiger charge is -2.42. The second-order valence-corrected chi connectivity index (χ2v) is 16.6. The molecule has 4 rings (SSSR count). The number of nitrogens with zero attached hydrogens (tertiary/aromatic N) is 2. The molecule has 1 aromatic heterocycles. The third-order valence-corrected chi connectivity index (χ3v) is 14.5. The minimum absolute atomic E-state index is 0.00146. The molecule has 1 unspecified atom stereocenters. The average Bonchev–Trinajstić information content (AvgIpc) is 3.15. The summed E-state index contributed by atoms with van der Waals surface area (Å²) in [7, 11) is -5.12. The highest BCUT2D eigenvalue weighted by molar-refractivity contribution is 7.90. The van der Waals surface area contributed by atoms with E-state index in [1.54, 1.807) is 16.7 Å². The highest BCUT2D eigenvalue weighted by Gasteiger charge is 2.48. The number of carbonyl (C=O) groups excluding carboxylic acids is 1. The van der Waals surface area contributed by atoms with Gasteiger partial charge in [0.1, 0.15) is 5.82 Å². The summed E-state index contributed by atoms with van der Waals surface area (Å²) in [5.74, 6) is 0.608. The maximum Gasteiger partial charge on any atom is 0.242 e. The number of hydrogen-bond donors (Lipinski definition) is 0. The standard InChI is InChI=1S/C24H30N2O3SSi/c1-6-31(7-2,8-3)16-24(4)19-15-17(30(5,28)29)13-14-18(19)22-25-20-11-9-10-12-21(20)26(22)23(24)27/h9-15H,6-8,16H2,1-5H3. The lowest BCUT2D eigenvalue weighted by Crippen LogP contribution is -2.48. The van der Waals surface area contributed by atoms with E-state index in [0.717, 1.165) is 46.3 Å². The number of rotatable bonds is 6. The third-order valence-electron chi connectivity index (χ3n) is 7.47. The fourth-order valence-corrected chi connectivity index (χ4v) is 9.96. The number of imidazole rings is 1. The monoisotopic (exact) mass is 454 g/mol. The highest BCUT2D eigenvalue weighted by atomic mass is 32.2. The van der Waals surface area contributed by atoms with Crippen molar-refractivity contribution in [1.82, 2.24) is 9.55 Å². The number of aromatic nitrogens is 2. The van der Waals surface area contributed by atoms with Crippen molar-refractivity contribution in [3.8, 4) is 11.4 Å². The van der Waals surface area contributed by atoms with Crippen LogP contribution in [0.4, 0.5) is 0 Å². The predicted octanol–water partition coefficient (Wildman–Crippen LogP) is 5.53. The summed E-state index contributed by atoms with van der Waals surface area (Å²) in [5, 5.41) is 0. The number of benzene rings is 2. The van der Waals surface area contributed by atoms with Crippen molar-refractivity contribution >= 4 is 34.9 Å². The summed E-state index contributed by atoms with van der Waals surface area (Å²) in [4.78, 5) is 19.2. The summed E-state index contributed by atoms with van der Waals surface area (Å²) in [6, 6.07) is 17.0. The molecule has 0 spiro atoms. The molecule has 1 aliphatic heterocycles. The summed E-state index contributed by atoms with van der Waals surface area (Å²) < 4.78 is 26.5. The Kier molecular flexibility index (Phi) is 5.25. The van der Waals surface area contributed by atoms with Gasteiger partial charge in [-0.15, -0.1) is 0 Å². The van der Waals surface area contributed by atoms with E-state index >= 15 is 0 Å². The van der Waals surface area contributed by atoms with Crippen LogP contribution in [0.15, 0.2) is 47.4 Å². The zero-order valence-electron chi connectivity index (χ0n) is 18.9. The van der Waals surface area contributed by atoms with Gasteiger partial charge in [-0.3, -0.25) is 9.36 Å². The van der Waals surface area contributed by atoms with E-state index in [1.165, 1.54) is 6.26 Å². The molecule has 164 valence electrons. The van der Waals surface area contributed by atoms with Gasteiger partial charge in [0.25, 0.3) is 0 Å². The Morgan fingerprint density at radius 2 is 1.68 bits per heavy atom. The number of carbonyl (C=O) groups is 1. The molecule has 0 N–H and O–H groups in total. The van der Waals surface area contributed by atoms with Gasteiger partial charge in [-0.1, -0.05) is 51.0 Å². The molecular formula is C24H30N2O3SSi. The maximum atomic E-state index is 14.2. The van der Waals surface area contributed by atoms with Crippen LogP contribution in [0, 0.1) is 0 Å². The van der Waals surface area contributed by atoms with E-state index in [-0.39, 0.29) is 10.8 Å².